The third-order valence-corrected chi connectivity index (χ3v) is 7.81. The van der Waals surface area contributed by atoms with Gasteiger partial charge in [0.2, 0.25) is 0 Å². The summed E-state index contributed by atoms with van der Waals surface area (Å²) in [5.74, 6) is 3.11. The van der Waals surface area contributed by atoms with Gasteiger partial charge in [-0.15, -0.1) is 0 Å². The molecule has 4 aliphatic rings. The molecule has 0 aliphatic heterocycles. The number of nitrogens with zero attached hydrogens (tertiary/aromatic N) is 1. The molecule has 4 aliphatic carbocycles. The first-order valence-corrected chi connectivity index (χ1v) is 11.2. The Balaban J connectivity index is 1.49. The Labute approximate surface area is 156 Å². The molecule has 0 unspecified atom stereocenters. The van der Waals surface area contributed by atoms with Crippen molar-refractivity contribution in [2.45, 2.75) is 57.3 Å². The van der Waals surface area contributed by atoms with Gasteiger partial charge in [0.1, 0.15) is 5.75 Å². The summed E-state index contributed by atoms with van der Waals surface area (Å²) in [7, 11) is -3.65. The first kappa shape index (κ1) is 17.8. The van der Waals surface area contributed by atoms with Gasteiger partial charge in [-0.05, 0) is 94.4 Å². The maximum Gasteiger partial charge on any atom is 0.276 e. The summed E-state index contributed by atoms with van der Waals surface area (Å²) in [5, 5.41) is 4.37. The predicted octanol–water partition coefficient (Wildman–Crippen LogP) is 3.96. The van der Waals surface area contributed by atoms with Crippen LogP contribution in [0.1, 0.15) is 52.4 Å². The molecule has 5 nitrogen and oxygen atoms in total. The van der Waals surface area contributed by atoms with Crippen molar-refractivity contribution in [3.63, 3.8) is 0 Å². The van der Waals surface area contributed by atoms with E-state index in [9.17, 15) is 8.42 Å². The lowest BCUT2D eigenvalue weighted by Gasteiger charge is -2.56. The van der Waals surface area contributed by atoms with E-state index in [0.717, 1.165) is 23.5 Å². The fourth-order valence-corrected chi connectivity index (χ4v) is 6.59. The number of hydrogen-bond acceptors (Lipinski definition) is 4. The maximum atomic E-state index is 12.6. The van der Waals surface area contributed by atoms with Crippen LogP contribution in [0.4, 0.5) is 0 Å². The first-order valence-electron chi connectivity index (χ1n) is 9.69. The second-order valence-corrected chi connectivity index (χ2v) is 10.1. The van der Waals surface area contributed by atoms with Gasteiger partial charge in [0.25, 0.3) is 10.0 Å². The van der Waals surface area contributed by atoms with Crippen molar-refractivity contribution in [1.29, 1.82) is 0 Å². The van der Waals surface area contributed by atoms with Crippen molar-refractivity contribution < 1.29 is 13.2 Å². The van der Waals surface area contributed by atoms with Crippen molar-refractivity contribution >= 4 is 15.7 Å². The smallest absolute Gasteiger partial charge is 0.276 e. The number of sulfonamides is 1. The van der Waals surface area contributed by atoms with Gasteiger partial charge in [0.15, 0.2) is 0 Å². The molecule has 4 saturated carbocycles. The lowest BCUT2D eigenvalue weighted by molar-refractivity contribution is -0.0127. The Morgan fingerprint density at radius 1 is 1.12 bits per heavy atom. The summed E-state index contributed by atoms with van der Waals surface area (Å²) < 4.78 is 30.5. The second-order valence-electron chi connectivity index (χ2n) is 8.39. The Morgan fingerprint density at radius 3 is 2.15 bits per heavy atom. The van der Waals surface area contributed by atoms with Crippen molar-refractivity contribution in [2.75, 3.05) is 6.61 Å². The number of rotatable bonds is 6. The molecule has 26 heavy (non-hydrogen) atoms. The molecule has 1 aromatic carbocycles. The molecule has 1 N–H and O–H groups in total. The Bertz CT molecular complexity index is 764. The molecule has 142 valence electrons. The van der Waals surface area contributed by atoms with Crippen LogP contribution in [0.2, 0.25) is 0 Å². The fraction of sp³-hybridized carbons (Fsp3) is 0.650. The zero-order chi connectivity index (χ0) is 18.4. The maximum absolute atomic E-state index is 12.6. The topological polar surface area (TPSA) is 67.8 Å². The summed E-state index contributed by atoms with van der Waals surface area (Å²) >= 11 is 0. The molecule has 0 amide bonds. The van der Waals surface area contributed by atoms with Crippen LogP contribution in [0.15, 0.2) is 34.3 Å². The van der Waals surface area contributed by atoms with Gasteiger partial charge in [0.05, 0.1) is 11.5 Å². The van der Waals surface area contributed by atoms with Crippen LogP contribution in [0.25, 0.3) is 0 Å². The van der Waals surface area contributed by atoms with Crippen LogP contribution in [-0.4, -0.2) is 20.7 Å². The zero-order valence-corrected chi connectivity index (χ0v) is 16.4. The van der Waals surface area contributed by atoms with Crippen LogP contribution in [0.3, 0.4) is 0 Å². The highest BCUT2D eigenvalue weighted by Gasteiger charge is 2.52. The number of hydrogen-bond donors (Lipinski definition) is 1. The van der Waals surface area contributed by atoms with Crippen molar-refractivity contribution in [3.8, 4) is 5.75 Å². The van der Waals surface area contributed by atoms with E-state index in [-0.39, 0.29) is 10.3 Å². The molecule has 0 saturated heterocycles. The summed E-state index contributed by atoms with van der Waals surface area (Å²) in [4.78, 5) is 2.68. The van der Waals surface area contributed by atoms with Gasteiger partial charge in [-0.1, -0.05) is 0 Å². The molecule has 5 rings (SSSR count). The number of hydrazone groups is 1. The van der Waals surface area contributed by atoms with Crippen LogP contribution in [-0.2, 0) is 10.0 Å². The van der Waals surface area contributed by atoms with E-state index in [0.29, 0.717) is 12.4 Å². The quantitative estimate of drug-likeness (QED) is 0.604. The van der Waals surface area contributed by atoms with Crippen LogP contribution in [0, 0.1) is 23.2 Å². The average molecular weight is 377 g/mol. The number of ether oxygens (including phenoxy) is 1. The highest BCUT2D eigenvalue weighted by atomic mass is 32.2. The molecule has 1 aromatic rings. The highest BCUT2D eigenvalue weighted by Crippen LogP contribution is 2.60. The van der Waals surface area contributed by atoms with Gasteiger partial charge in [-0.3, -0.25) is 0 Å². The average Bonchev–Trinajstić information content (AvgIpc) is 2.59. The van der Waals surface area contributed by atoms with E-state index in [1.165, 1.54) is 38.5 Å². The molecule has 4 bridgehead atoms. The molecule has 0 aromatic heterocycles. The highest BCUT2D eigenvalue weighted by molar-refractivity contribution is 7.89. The molecule has 6 heteroatoms. The molecule has 0 atom stereocenters. The number of nitrogens with one attached hydrogen (secondary N) is 1. The predicted molar refractivity (Wildman–Crippen MR) is 102 cm³/mol. The third-order valence-electron chi connectivity index (χ3n) is 6.58. The lowest BCUT2D eigenvalue weighted by atomic mass is 9.48. The first-order chi connectivity index (χ1) is 12.4. The molecular weight excluding hydrogens is 348 g/mol. The van der Waals surface area contributed by atoms with Gasteiger partial charge in [0, 0.05) is 11.1 Å². The van der Waals surface area contributed by atoms with E-state index >= 15 is 0 Å². The largest absolute Gasteiger partial charge is 0.494 e. The standard InChI is InChI=1S/C20H28N2O3S/c1-3-25-18-4-6-19(7-5-18)26(23,24)22-21-14(2)20-11-15-8-16(12-20)10-17(9-15)13-20/h4-7,15-17,22H,3,8-13H2,1-2H3/b21-14-. The van der Waals surface area contributed by atoms with Gasteiger partial charge in [-0.2, -0.15) is 13.5 Å². The second kappa shape index (κ2) is 6.55. The molecule has 0 heterocycles. The summed E-state index contributed by atoms with van der Waals surface area (Å²) in [5.41, 5.74) is 1.09. The monoisotopic (exact) mass is 376 g/mol. The van der Waals surface area contributed by atoms with E-state index in [4.69, 9.17) is 4.74 Å². The van der Waals surface area contributed by atoms with E-state index in [1.54, 1.807) is 24.3 Å². The lowest BCUT2D eigenvalue weighted by Crippen LogP contribution is -2.49. The van der Waals surface area contributed by atoms with Crippen molar-refractivity contribution in [1.82, 2.24) is 4.83 Å². The molecule has 0 radical (unpaired) electrons. The minimum absolute atomic E-state index is 0.121. The summed E-state index contributed by atoms with van der Waals surface area (Å²) in [6.07, 6.45) is 7.64. The normalized spacial score (nSPS) is 33.3. The SMILES string of the molecule is CCOc1ccc(S(=O)(=O)N/N=C(/C)C23CC4CC(CC(C4)C2)C3)cc1. The molecular formula is C20H28N2O3S. The molecule has 4 fully saturated rings. The fourth-order valence-electron chi connectivity index (χ4n) is 5.74. The van der Waals surface area contributed by atoms with E-state index in [2.05, 4.69) is 9.93 Å². The summed E-state index contributed by atoms with van der Waals surface area (Å²) in [6, 6.07) is 6.47. The zero-order valence-electron chi connectivity index (χ0n) is 15.6. The number of benzene rings is 1. The van der Waals surface area contributed by atoms with Gasteiger partial charge >= 0.3 is 0 Å². The summed E-state index contributed by atoms with van der Waals surface area (Å²) in [6.45, 7) is 4.46. The van der Waals surface area contributed by atoms with Crippen molar-refractivity contribution in [3.05, 3.63) is 24.3 Å². The minimum atomic E-state index is -3.65. The minimum Gasteiger partial charge on any atom is -0.494 e. The van der Waals surface area contributed by atoms with Gasteiger partial charge in [-0.25, -0.2) is 4.83 Å². The van der Waals surface area contributed by atoms with Crippen LogP contribution < -0.4 is 9.57 Å². The Hall–Kier alpha value is -1.56. The Kier molecular flexibility index (Phi) is 4.49. The van der Waals surface area contributed by atoms with Crippen LogP contribution >= 0.6 is 0 Å². The molecule has 0 spiro atoms. The van der Waals surface area contributed by atoms with Crippen molar-refractivity contribution in [2.24, 2.45) is 28.3 Å². The van der Waals surface area contributed by atoms with Gasteiger partial charge < -0.3 is 4.74 Å². The van der Waals surface area contributed by atoms with Crippen LogP contribution in [0.5, 0.6) is 5.75 Å². The van der Waals surface area contributed by atoms with E-state index in [1.807, 2.05) is 13.8 Å². The Morgan fingerprint density at radius 2 is 1.65 bits per heavy atom. The third kappa shape index (κ3) is 3.24. The van der Waals surface area contributed by atoms with E-state index < -0.39 is 10.0 Å².